The maximum absolute atomic E-state index is 12.8. The van der Waals surface area contributed by atoms with E-state index in [-0.39, 0.29) is 18.0 Å². The second kappa shape index (κ2) is 6.85. The van der Waals surface area contributed by atoms with Gasteiger partial charge in [-0.1, -0.05) is 31.5 Å². The van der Waals surface area contributed by atoms with Crippen LogP contribution in [0, 0.1) is 6.92 Å². The lowest BCUT2D eigenvalue weighted by molar-refractivity contribution is -0.649. The molecule has 10 heteroatoms. The van der Waals surface area contributed by atoms with Crippen molar-refractivity contribution in [2.45, 2.75) is 69.3 Å². The molecule has 3 heterocycles. The number of carbonyl (C=O) groups is 1. The van der Waals surface area contributed by atoms with E-state index in [1.807, 2.05) is 20.8 Å². The highest BCUT2D eigenvalue weighted by molar-refractivity contribution is 5.89. The van der Waals surface area contributed by atoms with Crippen LogP contribution in [0.4, 0.5) is 0 Å². The molecule has 0 aliphatic carbocycles. The van der Waals surface area contributed by atoms with Gasteiger partial charge in [0.1, 0.15) is 18.1 Å². The van der Waals surface area contributed by atoms with Gasteiger partial charge in [0.25, 0.3) is 5.79 Å². The summed E-state index contributed by atoms with van der Waals surface area (Å²) < 4.78 is 7.32. The Bertz CT molecular complexity index is 928. The molecule has 10 nitrogen and oxygen atoms in total. The van der Waals surface area contributed by atoms with E-state index in [0.29, 0.717) is 18.4 Å². The van der Waals surface area contributed by atoms with Gasteiger partial charge in [-0.15, -0.1) is 0 Å². The van der Waals surface area contributed by atoms with Gasteiger partial charge in [0, 0.05) is 0 Å². The summed E-state index contributed by atoms with van der Waals surface area (Å²) in [5, 5.41) is 29.0. The van der Waals surface area contributed by atoms with Gasteiger partial charge in [-0.3, -0.25) is 11.1 Å². The van der Waals surface area contributed by atoms with Crippen molar-refractivity contribution < 1.29 is 24.3 Å². The standard InChI is InChI=1S/C20H28N6O4/c1-4-12-14-19(25-17(21)24-14)20(28,29)15(13(5-2)26(19)18(22)23-12)30-16(27)11-8-6-10(3)7-9-11/h6-9,12-15,28-29H,4-5H2,1-3H3,(H5,21,22,23,24,25)/p+1/t12-,13-,14-,15-,19-/m0/s1. The van der Waals surface area contributed by atoms with E-state index in [9.17, 15) is 15.0 Å². The fraction of sp³-hybridized carbons (Fsp3) is 0.550. The van der Waals surface area contributed by atoms with Gasteiger partial charge in [0.05, 0.1) is 5.56 Å². The molecule has 5 atom stereocenters. The molecule has 0 aromatic heterocycles. The normalized spacial score (nSPS) is 33.8. The smallest absolute Gasteiger partial charge is 0.346 e. The van der Waals surface area contributed by atoms with Gasteiger partial charge in [-0.2, -0.15) is 0 Å². The zero-order valence-electron chi connectivity index (χ0n) is 17.3. The maximum Gasteiger partial charge on any atom is 0.346 e. The average molecular weight is 417 g/mol. The summed E-state index contributed by atoms with van der Waals surface area (Å²) >= 11 is 0. The zero-order chi connectivity index (χ0) is 21.8. The van der Waals surface area contributed by atoms with Gasteiger partial charge in [-0.25, -0.2) is 14.4 Å². The van der Waals surface area contributed by atoms with Crippen molar-refractivity contribution in [2.75, 3.05) is 0 Å². The largest absolute Gasteiger partial charge is 0.449 e. The minimum absolute atomic E-state index is 0.0767. The second-order valence-corrected chi connectivity index (χ2v) is 8.16. The summed E-state index contributed by atoms with van der Waals surface area (Å²) in [5.74, 6) is -2.83. The number of aliphatic hydroxyl groups is 2. The van der Waals surface area contributed by atoms with Gasteiger partial charge >= 0.3 is 11.9 Å². The molecule has 1 fully saturated rings. The van der Waals surface area contributed by atoms with Crippen LogP contribution in [0.25, 0.3) is 0 Å². The van der Waals surface area contributed by atoms with Crippen molar-refractivity contribution in [3.05, 3.63) is 35.4 Å². The van der Waals surface area contributed by atoms with Crippen LogP contribution in [-0.2, 0) is 4.74 Å². The summed E-state index contributed by atoms with van der Waals surface area (Å²) in [6.07, 6.45) is -0.229. The highest BCUT2D eigenvalue weighted by Crippen LogP contribution is 2.46. The Balaban J connectivity index is 1.78. The maximum atomic E-state index is 12.8. The summed E-state index contributed by atoms with van der Waals surface area (Å²) in [6, 6.07) is 5.32. The van der Waals surface area contributed by atoms with Crippen LogP contribution in [-0.4, -0.2) is 68.4 Å². The van der Waals surface area contributed by atoms with Crippen molar-refractivity contribution in [3.8, 4) is 0 Å². The number of hydrogen-bond acceptors (Lipinski definition) is 9. The Morgan fingerprint density at radius 3 is 2.50 bits per heavy atom. The highest BCUT2D eigenvalue weighted by atomic mass is 16.6. The monoisotopic (exact) mass is 417 g/mol. The van der Waals surface area contributed by atoms with E-state index in [0.717, 1.165) is 5.56 Å². The van der Waals surface area contributed by atoms with E-state index in [4.69, 9.17) is 16.2 Å². The average Bonchev–Trinajstić information content (AvgIpc) is 3.15. The number of aliphatic imine (C=N–C) groups is 1. The lowest BCUT2D eigenvalue weighted by atomic mass is 9.85. The number of guanidine groups is 2. The molecule has 1 aromatic carbocycles. The van der Waals surface area contributed by atoms with Gasteiger partial charge < -0.3 is 26.0 Å². The number of esters is 1. The molecule has 0 bridgehead atoms. The first kappa shape index (κ1) is 20.4. The number of aryl methyl sites for hydroxylation is 1. The molecule has 0 unspecified atom stereocenters. The molecule has 162 valence electrons. The number of carbonyl (C=O) groups excluding carboxylic acids is 1. The molecule has 3 aliphatic rings. The van der Waals surface area contributed by atoms with Crippen LogP contribution in [0.3, 0.4) is 0 Å². The van der Waals surface area contributed by atoms with Gasteiger partial charge in [0.15, 0.2) is 12.1 Å². The number of hydrogen-bond donors (Lipinski definition) is 6. The molecule has 0 amide bonds. The zero-order valence-corrected chi connectivity index (χ0v) is 17.3. The van der Waals surface area contributed by atoms with Crippen LogP contribution < -0.4 is 22.1 Å². The fourth-order valence-electron chi connectivity index (χ4n) is 4.96. The van der Waals surface area contributed by atoms with Crippen LogP contribution in [0.1, 0.15) is 42.6 Å². The minimum Gasteiger partial charge on any atom is -0.449 e. The Morgan fingerprint density at radius 1 is 1.23 bits per heavy atom. The fourth-order valence-corrected chi connectivity index (χ4v) is 4.96. The number of nitrogens with zero attached hydrogens (tertiary/aromatic N) is 2. The third kappa shape index (κ3) is 2.60. The van der Waals surface area contributed by atoms with Gasteiger partial charge in [-0.05, 0) is 31.9 Å². The van der Waals surface area contributed by atoms with E-state index in [1.54, 1.807) is 28.8 Å². The Morgan fingerprint density at radius 2 is 1.90 bits per heavy atom. The number of nitrogens with one attached hydrogen (secondary N) is 2. The molecule has 1 saturated heterocycles. The minimum atomic E-state index is -2.51. The van der Waals surface area contributed by atoms with Crippen molar-refractivity contribution in [2.24, 2.45) is 16.5 Å². The van der Waals surface area contributed by atoms with Crippen LogP contribution in [0.5, 0.6) is 0 Å². The van der Waals surface area contributed by atoms with Crippen molar-refractivity contribution >= 4 is 17.9 Å². The summed E-state index contributed by atoms with van der Waals surface area (Å²) in [4.78, 5) is 17.3. The summed E-state index contributed by atoms with van der Waals surface area (Å²) in [7, 11) is 0. The third-order valence-corrected chi connectivity index (χ3v) is 6.40. The Hall–Kier alpha value is -2.85. The molecule has 1 aromatic rings. The molecule has 4 rings (SSSR count). The number of nitrogens with two attached hydrogens (primary N) is 2. The molecule has 1 spiro atoms. The topological polar surface area (TPSA) is 158 Å². The molecular formula is C20H29N6O4+. The van der Waals surface area contributed by atoms with Crippen LogP contribution >= 0.6 is 0 Å². The number of benzene rings is 1. The van der Waals surface area contributed by atoms with E-state index in [1.165, 1.54) is 0 Å². The SMILES string of the molecule is CC[C@@H]1NC(N)=[N+]2[C@@H](CC)[C@H](OC(=O)c3ccc(C)cc3)C(O)(O)[C@@]23NC(N)=N[C@@H]13. The van der Waals surface area contributed by atoms with Crippen LogP contribution in [0.15, 0.2) is 29.3 Å². The summed E-state index contributed by atoms with van der Waals surface area (Å²) in [5.41, 5.74) is 12.1. The number of rotatable bonds is 4. The van der Waals surface area contributed by atoms with Crippen molar-refractivity contribution in [1.29, 1.82) is 0 Å². The van der Waals surface area contributed by atoms with Gasteiger partial charge in [0.2, 0.25) is 5.66 Å². The lowest BCUT2D eigenvalue weighted by Crippen LogP contribution is -2.78. The Kier molecular flexibility index (Phi) is 4.66. The summed E-state index contributed by atoms with van der Waals surface area (Å²) in [6.45, 7) is 5.71. The molecule has 30 heavy (non-hydrogen) atoms. The second-order valence-electron chi connectivity index (χ2n) is 8.16. The molecule has 3 aliphatic heterocycles. The van der Waals surface area contributed by atoms with E-state index in [2.05, 4.69) is 15.6 Å². The first-order valence-corrected chi connectivity index (χ1v) is 10.2. The molecule has 0 radical (unpaired) electrons. The molecular weight excluding hydrogens is 388 g/mol. The van der Waals surface area contributed by atoms with Crippen molar-refractivity contribution in [3.63, 3.8) is 0 Å². The Labute approximate surface area is 174 Å². The first-order valence-electron chi connectivity index (χ1n) is 10.2. The third-order valence-electron chi connectivity index (χ3n) is 6.40. The molecule has 8 N–H and O–H groups in total. The first-order chi connectivity index (χ1) is 14.2. The highest BCUT2D eigenvalue weighted by Gasteiger charge is 2.78. The quantitative estimate of drug-likeness (QED) is 0.200. The van der Waals surface area contributed by atoms with Crippen molar-refractivity contribution in [1.82, 2.24) is 10.6 Å². The van der Waals surface area contributed by atoms with Crippen LogP contribution in [0.2, 0.25) is 0 Å². The van der Waals surface area contributed by atoms with E-state index < -0.39 is 35.6 Å². The molecule has 0 saturated carbocycles. The van der Waals surface area contributed by atoms with E-state index >= 15 is 0 Å². The predicted molar refractivity (Wildman–Crippen MR) is 110 cm³/mol. The lowest BCUT2D eigenvalue weighted by Gasteiger charge is -2.43. The number of ether oxygens (including phenoxy) is 1. The predicted octanol–water partition coefficient (Wildman–Crippen LogP) is -1.31.